The molecule has 0 atom stereocenters. The van der Waals surface area contributed by atoms with Crippen LogP contribution in [0.25, 0.3) is 0 Å². The summed E-state index contributed by atoms with van der Waals surface area (Å²) in [5, 5.41) is 8.62. The van der Waals surface area contributed by atoms with Crippen LogP contribution in [0, 0.1) is 0 Å². The van der Waals surface area contributed by atoms with E-state index in [-0.39, 0.29) is 6.61 Å². The third-order valence-corrected chi connectivity index (χ3v) is 13.2. The van der Waals surface area contributed by atoms with E-state index in [9.17, 15) is 0 Å². The minimum absolute atomic E-state index is 0.0178. The van der Waals surface area contributed by atoms with Crippen LogP contribution >= 0.6 is 0 Å². The van der Waals surface area contributed by atoms with Crippen molar-refractivity contribution >= 4 is 0 Å². The van der Waals surface area contributed by atoms with Crippen molar-refractivity contribution < 1.29 is 128 Å². The van der Waals surface area contributed by atoms with Crippen LogP contribution in [0.1, 0.15) is 96.8 Å². The lowest BCUT2D eigenvalue weighted by molar-refractivity contribution is -0.0322. The van der Waals surface area contributed by atoms with E-state index in [1.54, 1.807) is 0 Å². The van der Waals surface area contributed by atoms with Gasteiger partial charge >= 0.3 is 0 Å². The predicted octanol–water partition coefficient (Wildman–Crippen LogP) is 5.89. The molecule has 0 aliphatic heterocycles. The van der Waals surface area contributed by atoms with Crippen LogP contribution < -0.4 is 0 Å². The van der Waals surface area contributed by atoms with Crippen molar-refractivity contribution in [2.45, 2.75) is 96.8 Å². The average molecular weight is 1390 g/mol. The van der Waals surface area contributed by atoms with E-state index in [1.807, 2.05) is 0 Å². The highest BCUT2D eigenvalue weighted by Crippen LogP contribution is 2.13. The molecule has 0 heterocycles. The minimum Gasteiger partial charge on any atom is -0.394 e. The summed E-state index contributed by atoms with van der Waals surface area (Å²) in [4.78, 5) is 0. The molecule has 0 aromatic rings. The van der Waals surface area contributed by atoms with Crippen molar-refractivity contribution in [2.24, 2.45) is 0 Å². The lowest BCUT2D eigenvalue weighted by Gasteiger charge is -2.09. The highest BCUT2D eigenvalue weighted by atomic mass is 16.6. The first-order chi connectivity index (χ1) is 47.4. The van der Waals surface area contributed by atoms with Crippen molar-refractivity contribution in [3.8, 4) is 0 Å². The first-order valence-electron chi connectivity index (χ1n) is 36.0. The first kappa shape index (κ1) is 93.9. The van der Waals surface area contributed by atoms with E-state index < -0.39 is 0 Å². The second-order valence-corrected chi connectivity index (χ2v) is 21.2. The third kappa shape index (κ3) is 92.9. The predicted molar refractivity (Wildman–Crippen MR) is 359 cm³/mol. The summed E-state index contributed by atoms with van der Waals surface area (Å²) in [5.74, 6) is 0. The molecule has 0 spiro atoms. The first-order valence-corrected chi connectivity index (χ1v) is 36.0. The second kappa shape index (κ2) is 92.9. The Morgan fingerprint density at radius 3 is 0.326 bits per heavy atom. The molecule has 0 saturated heterocycles. The monoisotopic (exact) mass is 1390 g/mol. The largest absolute Gasteiger partial charge is 0.394 e. The van der Waals surface area contributed by atoms with Gasteiger partial charge in [0.05, 0.1) is 344 Å². The molecular formula is C68H138O27. The lowest BCUT2D eigenvalue weighted by atomic mass is 10.0. The van der Waals surface area contributed by atoms with E-state index >= 15 is 0 Å². The van der Waals surface area contributed by atoms with Gasteiger partial charge in [-0.3, -0.25) is 0 Å². The highest BCUT2D eigenvalue weighted by molar-refractivity contribution is 4.51. The van der Waals surface area contributed by atoms with Crippen LogP contribution in [0.3, 0.4) is 0 Å². The number of hydrogen-bond acceptors (Lipinski definition) is 27. The van der Waals surface area contributed by atoms with Crippen LogP contribution in [0.4, 0.5) is 0 Å². The van der Waals surface area contributed by atoms with Gasteiger partial charge in [-0.25, -0.2) is 0 Å². The molecule has 27 nitrogen and oxygen atoms in total. The van der Waals surface area contributed by atoms with Crippen molar-refractivity contribution in [3.63, 3.8) is 0 Å². The van der Waals surface area contributed by atoms with Crippen LogP contribution in [0.5, 0.6) is 0 Å². The van der Waals surface area contributed by atoms with Crippen LogP contribution in [-0.2, 0) is 123 Å². The SMILES string of the molecule is CCCCCCCCCCCCCCCCOCCOCCOCCOCCOCCOCCOCCOCCOCCOCCOCCOCCOCCOCCOCCOCCOCCOCCOCCOCCOCCOCCOCCOCCOCCOCCO. The van der Waals surface area contributed by atoms with Crippen molar-refractivity contribution in [1.82, 2.24) is 0 Å². The van der Waals surface area contributed by atoms with Crippen molar-refractivity contribution in [3.05, 3.63) is 0 Å². The molecule has 1 N–H and O–H groups in total. The summed E-state index contributed by atoms with van der Waals surface area (Å²) in [6, 6.07) is 0. The molecule has 0 aliphatic carbocycles. The van der Waals surface area contributed by atoms with Gasteiger partial charge in [0, 0.05) is 6.61 Å². The van der Waals surface area contributed by atoms with Gasteiger partial charge in [-0.2, -0.15) is 0 Å². The molecule has 0 rings (SSSR count). The van der Waals surface area contributed by atoms with Gasteiger partial charge in [-0.1, -0.05) is 90.4 Å². The lowest BCUT2D eigenvalue weighted by Crippen LogP contribution is -2.16. The smallest absolute Gasteiger partial charge is 0.0701 e. The zero-order valence-electron chi connectivity index (χ0n) is 59.4. The number of aliphatic hydroxyl groups is 1. The summed E-state index contributed by atoms with van der Waals surface area (Å²) in [6.45, 7) is 28.4. The summed E-state index contributed by atoms with van der Waals surface area (Å²) in [7, 11) is 0. The topological polar surface area (TPSA) is 260 Å². The summed E-state index contributed by atoms with van der Waals surface area (Å²) < 4.78 is 143. The molecule has 0 amide bonds. The molecule has 572 valence electrons. The molecule has 95 heavy (non-hydrogen) atoms. The number of aliphatic hydroxyl groups excluding tert-OH is 1. The standard InChI is InChI=1S/C68H138O27/c1-2-3-4-5-6-7-8-9-10-11-12-13-14-15-17-70-19-21-72-23-25-74-27-29-76-31-33-78-35-37-80-39-41-82-43-45-84-47-49-86-51-53-88-55-57-90-59-61-92-63-65-94-67-68-95-66-64-93-62-60-91-58-56-89-54-52-87-50-48-85-46-44-83-42-40-81-38-36-79-34-32-77-30-28-75-26-24-73-22-20-71-18-16-69/h69H,2-68H2,1H3. The average Bonchev–Trinajstić information content (AvgIpc) is 3.59. The Hall–Kier alpha value is -1.08. The highest BCUT2D eigenvalue weighted by Gasteiger charge is 2.02. The molecule has 0 aromatic heterocycles. The van der Waals surface area contributed by atoms with Crippen LogP contribution in [0.15, 0.2) is 0 Å². The van der Waals surface area contributed by atoms with Crippen LogP contribution in [0.2, 0.25) is 0 Å². The van der Waals surface area contributed by atoms with Gasteiger partial charge in [0.25, 0.3) is 0 Å². The Morgan fingerprint density at radius 1 is 0.116 bits per heavy atom. The number of ether oxygens (including phenoxy) is 26. The summed E-state index contributed by atoms with van der Waals surface area (Å²) in [5.41, 5.74) is 0. The Morgan fingerprint density at radius 2 is 0.211 bits per heavy atom. The quantitative estimate of drug-likeness (QED) is 0.0696. The number of hydrogen-bond donors (Lipinski definition) is 1. The molecule has 0 saturated carbocycles. The minimum atomic E-state index is 0.0178. The maximum atomic E-state index is 8.62. The van der Waals surface area contributed by atoms with Gasteiger partial charge in [-0.05, 0) is 6.42 Å². The fraction of sp³-hybridized carbons (Fsp3) is 1.00. The maximum absolute atomic E-state index is 8.62. The van der Waals surface area contributed by atoms with E-state index in [0.29, 0.717) is 337 Å². The fourth-order valence-electron chi connectivity index (χ4n) is 8.06. The Balaban J connectivity index is 3.09. The van der Waals surface area contributed by atoms with Gasteiger partial charge < -0.3 is 128 Å². The Bertz CT molecular complexity index is 1210. The molecule has 27 heteroatoms. The van der Waals surface area contributed by atoms with E-state index in [2.05, 4.69) is 6.92 Å². The van der Waals surface area contributed by atoms with Gasteiger partial charge in [0.2, 0.25) is 0 Å². The zero-order valence-corrected chi connectivity index (χ0v) is 59.4. The zero-order chi connectivity index (χ0) is 67.8. The molecule has 0 unspecified atom stereocenters. The summed E-state index contributed by atoms with van der Waals surface area (Å²) >= 11 is 0. The molecular weight excluding hydrogens is 1250 g/mol. The molecule has 0 radical (unpaired) electrons. The summed E-state index contributed by atoms with van der Waals surface area (Å²) in [6.07, 6.45) is 19.2. The van der Waals surface area contributed by atoms with E-state index in [0.717, 1.165) is 13.0 Å². The third-order valence-electron chi connectivity index (χ3n) is 13.2. The van der Waals surface area contributed by atoms with Gasteiger partial charge in [-0.15, -0.1) is 0 Å². The van der Waals surface area contributed by atoms with Crippen molar-refractivity contribution in [2.75, 3.05) is 350 Å². The normalized spacial score (nSPS) is 11.8. The Kier molecular flexibility index (Phi) is 91.9. The van der Waals surface area contributed by atoms with E-state index in [1.165, 1.54) is 83.5 Å². The maximum Gasteiger partial charge on any atom is 0.0701 e. The second-order valence-electron chi connectivity index (χ2n) is 21.2. The van der Waals surface area contributed by atoms with Gasteiger partial charge in [0.1, 0.15) is 0 Å². The molecule has 0 aliphatic rings. The number of unbranched alkanes of at least 4 members (excludes halogenated alkanes) is 13. The van der Waals surface area contributed by atoms with Crippen molar-refractivity contribution in [1.29, 1.82) is 0 Å². The Labute approximate surface area is 573 Å². The van der Waals surface area contributed by atoms with Gasteiger partial charge in [0.15, 0.2) is 0 Å². The van der Waals surface area contributed by atoms with E-state index in [4.69, 9.17) is 128 Å². The fourth-order valence-corrected chi connectivity index (χ4v) is 8.06. The molecule has 0 bridgehead atoms. The number of rotatable bonds is 92. The van der Waals surface area contributed by atoms with Crippen LogP contribution in [-0.4, -0.2) is 355 Å². The molecule has 0 fully saturated rings. The molecule has 0 aromatic carbocycles.